The molecule has 0 aliphatic carbocycles. The number of aliphatic hydroxyl groups excluding tert-OH is 1. The number of ketones is 1. The molecule has 0 aromatic heterocycles. The average molecular weight is 532 g/mol. The molecule has 1 fully saturated rings. The highest BCUT2D eigenvalue weighted by molar-refractivity contribution is 6.51. The summed E-state index contributed by atoms with van der Waals surface area (Å²) in [6.45, 7) is 8.54. The number of phenolic OH excluding ortho intramolecular Hbond substituents is 1. The van der Waals surface area contributed by atoms with Gasteiger partial charge in [-0.3, -0.25) is 14.5 Å². The van der Waals surface area contributed by atoms with Crippen molar-refractivity contribution in [3.05, 3.63) is 82.9 Å². The molecule has 1 saturated heterocycles. The van der Waals surface area contributed by atoms with Gasteiger partial charge in [-0.2, -0.15) is 0 Å². The summed E-state index contributed by atoms with van der Waals surface area (Å²) in [5.74, 6) is -0.824. The molecule has 0 saturated carbocycles. The van der Waals surface area contributed by atoms with Crippen LogP contribution < -0.4 is 19.1 Å². The van der Waals surface area contributed by atoms with Crippen LogP contribution in [0.25, 0.3) is 5.76 Å². The standard InChI is InChI=1S/C31H33NO7/c1-6-38-22-13-14-23(26(17-22)39-7-2)29(34)27-28(20-10-15-25(37-5)24(33)16-20)32(31(36)30(27)35)21-11-8-19(9-12-21)18(3)4/h8-18,28,33-34H,6-7H2,1-5H3/b29-27-. The predicted octanol–water partition coefficient (Wildman–Crippen LogP) is 5.95. The van der Waals surface area contributed by atoms with E-state index in [1.165, 1.54) is 18.1 Å². The van der Waals surface area contributed by atoms with Crippen LogP contribution in [0.5, 0.6) is 23.0 Å². The first-order chi connectivity index (χ1) is 18.7. The Morgan fingerprint density at radius 2 is 1.62 bits per heavy atom. The van der Waals surface area contributed by atoms with Crippen LogP contribution in [0.3, 0.4) is 0 Å². The summed E-state index contributed by atoms with van der Waals surface area (Å²) in [4.78, 5) is 28.4. The van der Waals surface area contributed by atoms with Gasteiger partial charge >= 0.3 is 0 Å². The molecule has 39 heavy (non-hydrogen) atoms. The molecule has 8 heteroatoms. The number of hydrogen-bond acceptors (Lipinski definition) is 7. The lowest BCUT2D eigenvalue weighted by Crippen LogP contribution is -2.29. The van der Waals surface area contributed by atoms with Gasteiger partial charge in [-0.1, -0.05) is 32.0 Å². The molecular weight excluding hydrogens is 498 g/mol. The molecule has 1 heterocycles. The molecule has 1 aliphatic rings. The van der Waals surface area contributed by atoms with Gasteiger partial charge in [0, 0.05) is 11.8 Å². The molecule has 3 aromatic rings. The van der Waals surface area contributed by atoms with E-state index in [1.54, 1.807) is 49.4 Å². The second-order valence-corrected chi connectivity index (χ2v) is 9.37. The van der Waals surface area contributed by atoms with Crippen LogP contribution in [-0.2, 0) is 9.59 Å². The summed E-state index contributed by atoms with van der Waals surface area (Å²) in [7, 11) is 1.43. The Labute approximate surface area is 228 Å². The number of rotatable bonds is 9. The average Bonchev–Trinajstić information content (AvgIpc) is 3.19. The summed E-state index contributed by atoms with van der Waals surface area (Å²) < 4.78 is 16.5. The van der Waals surface area contributed by atoms with E-state index in [4.69, 9.17) is 14.2 Å². The third-order valence-corrected chi connectivity index (χ3v) is 6.62. The zero-order valence-electron chi connectivity index (χ0n) is 22.7. The molecule has 8 nitrogen and oxygen atoms in total. The second kappa shape index (κ2) is 11.5. The first kappa shape index (κ1) is 27.6. The lowest BCUT2D eigenvalue weighted by Gasteiger charge is -2.26. The Hall–Kier alpha value is -4.46. The van der Waals surface area contributed by atoms with Crippen LogP contribution in [0.2, 0.25) is 0 Å². The molecule has 1 atom stereocenters. The third kappa shape index (κ3) is 5.27. The minimum absolute atomic E-state index is 0.123. The quantitative estimate of drug-likeness (QED) is 0.200. The van der Waals surface area contributed by atoms with Gasteiger partial charge < -0.3 is 24.4 Å². The summed E-state index contributed by atoms with van der Waals surface area (Å²) in [6, 6.07) is 15.9. The van der Waals surface area contributed by atoms with E-state index >= 15 is 0 Å². The van der Waals surface area contributed by atoms with E-state index in [9.17, 15) is 19.8 Å². The highest BCUT2D eigenvalue weighted by Gasteiger charge is 2.47. The summed E-state index contributed by atoms with van der Waals surface area (Å²) in [5, 5.41) is 22.1. The van der Waals surface area contributed by atoms with Crippen LogP contribution in [0.4, 0.5) is 5.69 Å². The molecule has 204 valence electrons. The van der Waals surface area contributed by atoms with Gasteiger partial charge in [-0.15, -0.1) is 0 Å². The van der Waals surface area contributed by atoms with Gasteiger partial charge in [0.2, 0.25) is 0 Å². The van der Waals surface area contributed by atoms with Gasteiger partial charge in [0.05, 0.1) is 37.5 Å². The number of benzene rings is 3. The molecule has 2 N–H and O–H groups in total. The number of carbonyl (C=O) groups excluding carboxylic acids is 2. The van der Waals surface area contributed by atoms with E-state index < -0.39 is 17.7 Å². The van der Waals surface area contributed by atoms with E-state index in [0.717, 1.165) is 5.56 Å². The van der Waals surface area contributed by atoms with Crippen molar-refractivity contribution in [1.29, 1.82) is 0 Å². The van der Waals surface area contributed by atoms with Crippen molar-refractivity contribution < 1.29 is 34.0 Å². The maximum atomic E-state index is 13.5. The number of carbonyl (C=O) groups is 2. The summed E-state index contributed by atoms with van der Waals surface area (Å²) in [5.41, 5.74) is 2.10. The van der Waals surface area contributed by atoms with E-state index in [2.05, 4.69) is 13.8 Å². The molecular formula is C31H33NO7. The highest BCUT2D eigenvalue weighted by Crippen LogP contribution is 2.45. The van der Waals surface area contributed by atoms with Gasteiger partial charge in [-0.25, -0.2) is 0 Å². The fourth-order valence-corrected chi connectivity index (χ4v) is 4.69. The normalized spacial score (nSPS) is 16.6. The van der Waals surface area contributed by atoms with Crippen molar-refractivity contribution in [2.45, 2.75) is 39.7 Å². The smallest absolute Gasteiger partial charge is 0.300 e. The zero-order chi connectivity index (χ0) is 28.3. The van der Waals surface area contributed by atoms with Crippen molar-refractivity contribution in [1.82, 2.24) is 0 Å². The number of phenols is 1. The molecule has 4 rings (SSSR count). The SMILES string of the molecule is CCOc1ccc(/C(O)=C2/C(=O)C(=O)N(c3ccc(C(C)C)cc3)C2c2ccc(OC)c(O)c2)c(OCC)c1. The van der Waals surface area contributed by atoms with Crippen molar-refractivity contribution in [2.75, 3.05) is 25.2 Å². The van der Waals surface area contributed by atoms with Crippen LogP contribution in [0.1, 0.15) is 56.3 Å². The largest absolute Gasteiger partial charge is 0.507 e. The van der Waals surface area contributed by atoms with Crippen molar-refractivity contribution in [3.63, 3.8) is 0 Å². The third-order valence-electron chi connectivity index (χ3n) is 6.62. The van der Waals surface area contributed by atoms with Gasteiger partial charge in [0.1, 0.15) is 17.3 Å². The molecule has 1 amide bonds. The van der Waals surface area contributed by atoms with E-state index in [-0.39, 0.29) is 34.3 Å². The van der Waals surface area contributed by atoms with Gasteiger partial charge in [0.15, 0.2) is 11.5 Å². The van der Waals surface area contributed by atoms with Gasteiger partial charge in [0.25, 0.3) is 11.7 Å². The number of methoxy groups -OCH3 is 1. The number of nitrogens with zero attached hydrogens (tertiary/aromatic N) is 1. The lowest BCUT2D eigenvalue weighted by atomic mass is 9.94. The molecule has 3 aromatic carbocycles. The molecule has 1 aliphatic heterocycles. The van der Waals surface area contributed by atoms with Crippen LogP contribution in [0, 0.1) is 0 Å². The number of aromatic hydroxyl groups is 1. The summed E-state index contributed by atoms with van der Waals surface area (Å²) in [6.07, 6.45) is 0. The Morgan fingerprint density at radius 3 is 2.21 bits per heavy atom. The minimum atomic E-state index is -1.02. The predicted molar refractivity (Wildman–Crippen MR) is 149 cm³/mol. The molecule has 0 bridgehead atoms. The number of aliphatic hydroxyl groups is 1. The first-order valence-corrected chi connectivity index (χ1v) is 12.9. The van der Waals surface area contributed by atoms with Crippen molar-refractivity contribution >= 4 is 23.1 Å². The first-order valence-electron chi connectivity index (χ1n) is 12.9. The van der Waals surface area contributed by atoms with Crippen molar-refractivity contribution in [2.24, 2.45) is 0 Å². The second-order valence-electron chi connectivity index (χ2n) is 9.37. The number of hydrogen-bond donors (Lipinski definition) is 2. The lowest BCUT2D eigenvalue weighted by molar-refractivity contribution is -0.132. The number of amides is 1. The Morgan fingerprint density at radius 1 is 0.923 bits per heavy atom. The highest BCUT2D eigenvalue weighted by atomic mass is 16.5. The zero-order valence-corrected chi connectivity index (χ0v) is 22.7. The van der Waals surface area contributed by atoms with Gasteiger partial charge in [-0.05, 0) is 67.3 Å². The summed E-state index contributed by atoms with van der Waals surface area (Å²) >= 11 is 0. The number of anilines is 1. The van der Waals surface area contributed by atoms with Crippen LogP contribution >= 0.6 is 0 Å². The number of Topliss-reactive ketones (excluding diaryl/α,β-unsaturated/α-hetero) is 1. The molecule has 0 radical (unpaired) electrons. The molecule has 0 spiro atoms. The monoisotopic (exact) mass is 531 g/mol. The Balaban J connectivity index is 1.94. The van der Waals surface area contributed by atoms with Crippen molar-refractivity contribution in [3.8, 4) is 23.0 Å². The van der Waals surface area contributed by atoms with E-state index in [0.29, 0.717) is 36.0 Å². The van der Waals surface area contributed by atoms with Crippen LogP contribution in [0.15, 0.2) is 66.2 Å². The maximum absolute atomic E-state index is 13.5. The fraction of sp³-hybridized carbons (Fsp3) is 0.290. The molecule has 1 unspecified atom stereocenters. The van der Waals surface area contributed by atoms with Crippen LogP contribution in [-0.4, -0.2) is 42.2 Å². The Kier molecular flexibility index (Phi) is 8.14. The Bertz CT molecular complexity index is 1410. The fourth-order valence-electron chi connectivity index (χ4n) is 4.69. The van der Waals surface area contributed by atoms with E-state index in [1.807, 2.05) is 19.1 Å². The minimum Gasteiger partial charge on any atom is -0.507 e. The topological polar surface area (TPSA) is 106 Å². The maximum Gasteiger partial charge on any atom is 0.300 e. The number of ether oxygens (including phenoxy) is 3.